The first-order valence-corrected chi connectivity index (χ1v) is 9.04. The lowest BCUT2D eigenvalue weighted by Crippen LogP contribution is -2.25. The van der Waals surface area contributed by atoms with Crippen molar-refractivity contribution < 1.29 is 14.3 Å². The Morgan fingerprint density at radius 1 is 1.29 bits per heavy atom. The number of anilines is 2. The van der Waals surface area contributed by atoms with Gasteiger partial charge in [0.05, 0.1) is 23.5 Å². The Kier molecular flexibility index (Phi) is 4.75. The highest BCUT2D eigenvalue weighted by atomic mass is 35.5. The number of aryl methyl sites for hydroxylation is 1. The van der Waals surface area contributed by atoms with Gasteiger partial charge in [0.2, 0.25) is 0 Å². The number of amides is 2. The molecule has 1 aliphatic rings. The molecule has 1 aromatic heterocycles. The average molecular weight is 397 g/mol. The lowest BCUT2D eigenvalue weighted by molar-refractivity contribution is -0.118. The van der Waals surface area contributed by atoms with E-state index < -0.39 is 0 Å². The van der Waals surface area contributed by atoms with E-state index in [0.29, 0.717) is 34.9 Å². The fourth-order valence-electron chi connectivity index (χ4n) is 3.03. The van der Waals surface area contributed by atoms with Gasteiger partial charge in [0, 0.05) is 5.69 Å². The van der Waals surface area contributed by atoms with Crippen LogP contribution < -0.4 is 15.4 Å². The maximum Gasteiger partial charge on any atom is 0.262 e. The van der Waals surface area contributed by atoms with Gasteiger partial charge >= 0.3 is 0 Å². The van der Waals surface area contributed by atoms with E-state index in [1.54, 1.807) is 29.8 Å². The topological polar surface area (TPSA) is 85.3 Å². The first-order chi connectivity index (χ1) is 13.5. The summed E-state index contributed by atoms with van der Waals surface area (Å²) in [6, 6.07) is 14.8. The molecule has 0 atom stereocenters. The van der Waals surface area contributed by atoms with Crippen molar-refractivity contribution in [1.29, 1.82) is 0 Å². The van der Waals surface area contributed by atoms with Crippen molar-refractivity contribution in [2.24, 2.45) is 0 Å². The molecule has 3 aromatic rings. The van der Waals surface area contributed by atoms with Crippen LogP contribution in [0.1, 0.15) is 21.6 Å². The fourth-order valence-corrected chi connectivity index (χ4v) is 3.35. The summed E-state index contributed by atoms with van der Waals surface area (Å²) in [6.07, 6.45) is 0. The number of carbonyl (C=O) groups excluding carboxylic acids is 2. The molecule has 0 radical (unpaired) electrons. The molecule has 8 heteroatoms. The Hall–Kier alpha value is -3.32. The normalized spacial score (nSPS) is 12.7. The van der Waals surface area contributed by atoms with E-state index in [0.717, 1.165) is 5.56 Å². The zero-order chi connectivity index (χ0) is 19.7. The number of rotatable bonds is 4. The minimum atomic E-state index is -0.371. The molecule has 0 unspecified atom stereocenters. The number of nitrogens with zero attached hydrogens (tertiary/aromatic N) is 2. The fraction of sp³-hybridized carbons (Fsp3) is 0.150. The standard InChI is InChI=1S/C20H17ClN4O3/c1-12-18(19(21)25(24-12)10-13-5-3-2-4-6-13)20(27)22-14-7-8-16-15(9-14)23-17(26)11-28-16/h2-9H,10-11H2,1H3,(H,22,27)(H,23,26). The van der Waals surface area contributed by atoms with E-state index in [-0.39, 0.29) is 23.6 Å². The van der Waals surface area contributed by atoms with Gasteiger partial charge in [-0.05, 0) is 30.7 Å². The van der Waals surface area contributed by atoms with E-state index in [9.17, 15) is 9.59 Å². The van der Waals surface area contributed by atoms with Gasteiger partial charge in [0.25, 0.3) is 11.8 Å². The lowest BCUT2D eigenvalue weighted by Gasteiger charge is -2.18. The molecule has 2 aromatic carbocycles. The van der Waals surface area contributed by atoms with Crippen molar-refractivity contribution in [2.45, 2.75) is 13.5 Å². The summed E-state index contributed by atoms with van der Waals surface area (Å²) in [6.45, 7) is 2.19. The van der Waals surface area contributed by atoms with E-state index in [4.69, 9.17) is 16.3 Å². The molecule has 4 rings (SSSR count). The summed E-state index contributed by atoms with van der Waals surface area (Å²) >= 11 is 6.44. The minimum absolute atomic E-state index is 0.0197. The quantitative estimate of drug-likeness (QED) is 0.707. The molecule has 2 amide bonds. The number of aromatic nitrogens is 2. The first kappa shape index (κ1) is 18.1. The Morgan fingerprint density at radius 3 is 2.86 bits per heavy atom. The van der Waals surface area contributed by atoms with Crippen LogP contribution in [0.15, 0.2) is 48.5 Å². The SMILES string of the molecule is Cc1nn(Cc2ccccc2)c(Cl)c1C(=O)Nc1ccc2c(c1)NC(=O)CO2. The number of hydrogen-bond donors (Lipinski definition) is 2. The van der Waals surface area contributed by atoms with E-state index in [1.165, 1.54) is 0 Å². The van der Waals surface area contributed by atoms with Crippen LogP contribution in [-0.4, -0.2) is 28.2 Å². The summed E-state index contributed by atoms with van der Waals surface area (Å²) in [5.41, 5.74) is 2.91. The Morgan fingerprint density at radius 2 is 2.07 bits per heavy atom. The van der Waals surface area contributed by atoms with Crippen molar-refractivity contribution in [1.82, 2.24) is 9.78 Å². The molecule has 0 spiro atoms. The maximum atomic E-state index is 12.8. The van der Waals surface area contributed by atoms with Crippen molar-refractivity contribution in [2.75, 3.05) is 17.2 Å². The van der Waals surface area contributed by atoms with Crippen LogP contribution in [0.2, 0.25) is 5.15 Å². The highest BCUT2D eigenvalue weighted by Gasteiger charge is 2.22. The third-order valence-electron chi connectivity index (χ3n) is 4.34. The second-order valence-corrected chi connectivity index (χ2v) is 6.75. The summed E-state index contributed by atoms with van der Waals surface area (Å²) < 4.78 is 6.92. The summed E-state index contributed by atoms with van der Waals surface area (Å²) in [4.78, 5) is 24.3. The van der Waals surface area contributed by atoms with Crippen LogP contribution in [0.5, 0.6) is 5.75 Å². The number of benzene rings is 2. The van der Waals surface area contributed by atoms with E-state index in [2.05, 4.69) is 15.7 Å². The molecule has 1 aliphatic heterocycles. The van der Waals surface area contributed by atoms with Gasteiger partial charge in [-0.15, -0.1) is 0 Å². The van der Waals surface area contributed by atoms with Gasteiger partial charge in [-0.25, -0.2) is 4.68 Å². The van der Waals surface area contributed by atoms with Crippen LogP contribution in [0.3, 0.4) is 0 Å². The molecule has 2 heterocycles. The van der Waals surface area contributed by atoms with Crippen LogP contribution in [0.25, 0.3) is 0 Å². The summed E-state index contributed by atoms with van der Waals surface area (Å²) in [5.74, 6) is -0.0515. The molecule has 0 aliphatic carbocycles. The molecule has 0 fully saturated rings. The van der Waals surface area contributed by atoms with Crippen molar-refractivity contribution in [3.8, 4) is 5.75 Å². The van der Waals surface area contributed by atoms with Crippen molar-refractivity contribution in [3.05, 3.63) is 70.5 Å². The first-order valence-electron chi connectivity index (χ1n) is 8.66. The number of carbonyl (C=O) groups is 2. The number of hydrogen-bond acceptors (Lipinski definition) is 4. The molecule has 0 saturated carbocycles. The Bertz CT molecular complexity index is 1060. The van der Waals surface area contributed by atoms with Crippen LogP contribution in [0.4, 0.5) is 11.4 Å². The van der Waals surface area contributed by atoms with Gasteiger partial charge in [-0.2, -0.15) is 5.10 Å². The third-order valence-corrected chi connectivity index (χ3v) is 4.72. The minimum Gasteiger partial charge on any atom is -0.482 e. The smallest absolute Gasteiger partial charge is 0.262 e. The predicted molar refractivity (Wildman–Crippen MR) is 106 cm³/mol. The highest BCUT2D eigenvalue weighted by molar-refractivity contribution is 6.33. The molecule has 2 N–H and O–H groups in total. The zero-order valence-electron chi connectivity index (χ0n) is 15.0. The summed E-state index contributed by atoms with van der Waals surface area (Å²) in [7, 11) is 0. The molecule has 0 bridgehead atoms. The number of halogens is 1. The molecule has 7 nitrogen and oxygen atoms in total. The second-order valence-electron chi connectivity index (χ2n) is 6.40. The van der Waals surface area contributed by atoms with Gasteiger partial charge in [-0.1, -0.05) is 41.9 Å². The van der Waals surface area contributed by atoms with Crippen molar-refractivity contribution in [3.63, 3.8) is 0 Å². The van der Waals surface area contributed by atoms with Gasteiger partial charge in [0.1, 0.15) is 10.9 Å². The largest absolute Gasteiger partial charge is 0.482 e. The Balaban J connectivity index is 1.55. The predicted octanol–water partition coefficient (Wildman–Crippen LogP) is 3.48. The molecule has 0 saturated heterocycles. The number of ether oxygens (including phenoxy) is 1. The molecule has 142 valence electrons. The van der Waals surface area contributed by atoms with Crippen LogP contribution in [0, 0.1) is 6.92 Å². The van der Waals surface area contributed by atoms with Gasteiger partial charge in [-0.3, -0.25) is 9.59 Å². The van der Waals surface area contributed by atoms with Crippen molar-refractivity contribution >= 4 is 34.8 Å². The average Bonchev–Trinajstić information content (AvgIpc) is 2.95. The number of fused-ring (bicyclic) bond motifs is 1. The van der Waals surface area contributed by atoms with E-state index in [1.807, 2.05) is 30.3 Å². The van der Waals surface area contributed by atoms with Crippen LogP contribution >= 0.6 is 11.6 Å². The maximum absolute atomic E-state index is 12.8. The molecular formula is C20H17ClN4O3. The summed E-state index contributed by atoms with van der Waals surface area (Å²) in [5, 5.41) is 10.2. The molecule has 28 heavy (non-hydrogen) atoms. The third kappa shape index (κ3) is 3.57. The molecular weight excluding hydrogens is 380 g/mol. The Labute approximate surface area is 166 Å². The van der Waals surface area contributed by atoms with Crippen LogP contribution in [-0.2, 0) is 11.3 Å². The lowest BCUT2D eigenvalue weighted by atomic mass is 10.2. The van der Waals surface area contributed by atoms with E-state index >= 15 is 0 Å². The van der Waals surface area contributed by atoms with Gasteiger partial charge in [0.15, 0.2) is 6.61 Å². The van der Waals surface area contributed by atoms with Gasteiger partial charge < -0.3 is 15.4 Å². The monoisotopic (exact) mass is 396 g/mol. The zero-order valence-corrected chi connectivity index (χ0v) is 15.8. The number of nitrogens with one attached hydrogen (secondary N) is 2. The second kappa shape index (κ2) is 7.36. The highest BCUT2D eigenvalue weighted by Crippen LogP contribution is 2.31.